The van der Waals surface area contributed by atoms with Crippen molar-refractivity contribution in [1.82, 2.24) is 4.98 Å². The number of allylic oxidation sites excluding steroid dienone is 1. The van der Waals surface area contributed by atoms with E-state index in [1.165, 1.54) is 6.92 Å². The molecular weight excluding hydrogens is 246 g/mol. The van der Waals surface area contributed by atoms with E-state index in [-0.39, 0.29) is 5.69 Å². The Morgan fingerprint density at radius 3 is 1.89 bits per heavy atom. The molecule has 0 aliphatic carbocycles. The normalized spacial score (nSPS) is 10.8. The molecule has 0 saturated carbocycles. The molecule has 0 bridgehead atoms. The fraction of sp³-hybridized carbons (Fsp3) is 0.462. The van der Waals surface area contributed by atoms with Gasteiger partial charge in [-0.2, -0.15) is 13.2 Å². The van der Waals surface area contributed by atoms with Gasteiger partial charge in [-0.05, 0) is 25.1 Å². The lowest BCUT2D eigenvalue weighted by atomic mass is 10.2. The van der Waals surface area contributed by atoms with Crippen molar-refractivity contribution in [1.29, 1.82) is 0 Å². The molecule has 1 nitrogen and oxygen atoms in total. The highest BCUT2D eigenvalue weighted by atomic mass is 19.4. The molecule has 0 aliphatic heterocycles. The van der Waals surface area contributed by atoms with E-state index in [0.717, 1.165) is 18.2 Å². The number of halogens is 4. The van der Waals surface area contributed by atoms with Crippen molar-refractivity contribution in [2.45, 2.75) is 40.8 Å². The molecule has 0 fully saturated rings. The number of rotatable bonds is 1. The van der Waals surface area contributed by atoms with Crippen LogP contribution in [-0.2, 0) is 6.18 Å². The standard InChI is InChI=1S/C9H7F4N.2C2H6/c1-2-7(10)8-4-3-6(5-14-8)9(11,12)13;2*1-2/h2-5H,1H3;2*1-2H3/b7-2-;;. The predicted octanol–water partition coefficient (Wildman–Crippen LogP) is 5.48. The van der Waals surface area contributed by atoms with Gasteiger partial charge < -0.3 is 0 Å². The molecule has 0 unspecified atom stereocenters. The molecule has 18 heavy (non-hydrogen) atoms. The summed E-state index contributed by atoms with van der Waals surface area (Å²) in [6, 6.07) is 1.80. The Morgan fingerprint density at radius 1 is 1.11 bits per heavy atom. The summed E-state index contributed by atoms with van der Waals surface area (Å²) in [6.45, 7) is 9.44. The first kappa shape index (κ1) is 19.0. The van der Waals surface area contributed by atoms with Gasteiger partial charge in [-0.3, -0.25) is 4.98 Å². The minimum absolute atomic E-state index is 0.0968. The Morgan fingerprint density at radius 2 is 1.61 bits per heavy atom. The quantitative estimate of drug-likeness (QED) is 0.612. The maximum atomic E-state index is 12.8. The second-order valence-electron chi connectivity index (χ2n) is 2.57. The Kier molecular flexibility index (Phi) is 10.1. The lowest BCUT2D eigenvalue weighted by Gasteiger charge is -2.05. The second kappa shape index (κ2) is 9.62. The van der Waals surface area contributed by atoms with Crippen LogP contribution < -0.4 is 0 Å². The van der Waals surface area contributed by atoms with E-state index in [9.17, 15) is 17.6 Å². The van der Waals surface area contributed by atoms with Crippen LogP contribution in [0.4, 0.5) is 17.6 Å². The van der Waals surface area contributed by atoms with Crippen molar-refractivity contribution >= 4 is 5.83 Å². The summed E-state index contributed by atoms with van der Waals surface area (Å²) in [4.78, 5) is 3.35. The van der Waals surface area contributed by atoms with Gasteiger partial charge in [-0.25, -0.2) is 4.39 Å². The molecule has 0 saturated heterocycles. The first-order chi connectivity index (χ1) is 8.45. The Balaban J connectivity index is 0. The van der Waals surface area contributed by atoms with E-state index in [1.54, 1.807) is 0 Å². The van der Waals surface area contributed by atoms with E-state index < -0.39 is 17.6 Å². The summed E-state index contributed by atoms with van der Waals surface area (Å²) in [6.07, 6.45) is -2.69. The highest BCUT2D eigenvalue weighted by molar-refractivity contribution is 5.54. The number of alkyl halides is 3. The zero-order chi connectivity index (χ0) is 14.8. The van der Waals surface area contributed by atoms with Crippen molar-refractivity contribution in [3.63, 3.8) is 0 Å². The molecule has 1 aromatic heterocycles. The van der Waals surface area contributed by atoms with Crippen molar-refractivity contribution in [2.75, 3.05) is 0 Å². The van der Waals surface area contributed by atoms with Crippen molar-refractivity contribution in [3.05, 3.63) is 35.7 Å². The van der Waals surface area contributed by atoms with E-state index in [0.29, 0.717) is 6.20 Å². The van der Waals surface area contributed by atoms with Gasteiger partial charge in [0.15, 0.2) is 0 Å². The third-order valence-electron chi connectivity index (χ3n) is 1.59. The monoisotopic (exact) mass is 265 g/mol. The van der Waals surface area contributed by atoms with Crippen molar-refractivity contribution in [2.24, 2.45) is 0 Å². The molecule has 1 heterocycles. The average molecular weight is 265 g/mol. The van der Waals surface area contributed by atoms with E-state index in [4.69, 9.17) is 0 Å². The fourth-order valence-corrected chi connectivity index (χ4v) is 0.851. The molecule has 5 heteroatoms. The van der Waals surface area contributed by atoms with Crippen LogP contribution in [0.1, 0.15) is 45.9 Å². The first-order valence-electron chi connectivity index (χ1n) is 5.80. The topological polar surface area (TPSA) is 12.9 Å². The lowest BCUT2D eigenvalue weighted by molar-refractivity contribution is -0.137. The van der Waals surface area contributed by atoms with Gasteiger partial charge in [-0.15, -0.1) is 0 Å². The van der Waals surface area contributed by atoms with Crippen LogP contribution in [0.15, 0.2) is 24.4 Å². The minimum Gasteiger partial charge on any atom is -0.253 e. The maximum Gasteiger partial charge on any atom is 0.417 e. The maximum absolute atomic E-state index is 12.8. The molecule has 104 valence electrons. The van der Waals surface area contributed by atoms with Crippen LogP contribution in [0.3, 0.4) is 0 Å². The number of pyridine rings is 1. The molecule has 1 rings (SSSR count). The van der Waals surface area contributed by atoms with Crippen LogP contribution in [0.25, 0.3) is 5.83 Å². The Hall–Kier alpha value is -1.39. The zero-order valence-corrected chi connectivity index (χ0v) is 11.3. The van der Waals surface area contributed by atoms with E-state index in [1.807, 2.05) is 27.7 Å². The molecule has 1 aromatic rings. The largest absolute Gasteiger partial charge is 0.417 e. The number of aromatic nitrogens is 1. The van der Waals surface area contributed by atoms with Crippen LogP contribution in [0, 0.1) is 0 Å². The summed E-state index contributed by atoms with van der Waals surface area (Å²) >= 11 is 0. The average Bonchev–Trinajstić information content (AvgIpc) is 2.41. The summed E-state index contributed by atoms with van der Waals surface area (Å²) in [7, 11) is 0. The molecule has 0 amide bonds. The van der Waals surface area contributed by atoms with E-state index in [2.05, 4.69) is 4.98 Å². The van der Waals surface area contributed by atoms with Gasteiger partial charge in [-0.1, -0.05) is 27.7 Å². The summed E-state index contributed by atoms with van der Waals surface area (Å²) in [5.41, 5.74) is -0.981. The lowest BCUT2D eigenvalue weighted by Crippen LogP contribution is -2.05. The number of hydrogen-bond donors (Lipinski definition) is 0. The van der Waals surface area contributed by atoms with Gasteiger partial charge >= 0.3 is 6.18 Å². The summed E-state index contributed by atoms with van der Waals surface area (Å²) in [5, 5.41) is 0. The molecule has 0 aromatic carbocycles. The predicted molar refractivity (Wildman–Crippen MR) is 66.7 cm³/mol. The van der Waals surface area contributed by atoms with Crippen LogP contribution in [-0.4, -0.2) is 4.98 Å². The summed E-state index contributed by atoms with van der Waals surface area (Å²) in [5.74, 6) is -0.640. The fourth-order valence-electron chi connectivity index (χ4n) is 0.851. The van der Waals surface area contributed by atoms with Crippen LogP contribution >= 0.6 is 0 Å². The van der Waals surface area contributed by atoms with Crippen molar-refractivity contribution in [3.8, 4) is 0 Å². The van der Waals surface area contributed by atoms with E-state index >= 15 is 0 Å². The van der Waals surface area contributed by atoms with Crippen molar-refractivity contribution < 1.29 is 17.6 Å². The second-order valence-corrected chi connectivity index (χ2v) is 2.57. The van der Waals surface area contributed by atoms with Gasteiger partial charge in [0.1, 0.15) is 5.83 Å². The van der Waals surface area contributed by atoms with Gasteiger partial charge in [0.25, 0.3) is 0 Å². The van der Waals surface area contributed by atoms with Gasteiger partial charge in [0, 0.05) is 6.20 Å². The number of hydrogen-bond acceptors (Lipinski definition) is 1. The summed E-state index contributed by atoms with van der Waals surface area (Å²) < 4.78 is 49.0. The molecular formula is C13H19F4N. The van der Waals surface area contributed by atoms with Gasteiger partial charge in [0.05, 0.1) is 11.3 Å². The molecule has 0 aliphatic rings. The first-order valence-corrected chi connectivity index (χ1v) is 5.80. The third-order valence-corrected chi connectivity index (χ3v) is 1.59. The third kappa shape index (κ3) is 6.37. The highest BCUT2D eigenvalue weighted by Gasteiger charge is 2.30. The SMILES string of the molecule is C/C=C(\F)c1ccc(C(F)(F)F)cn1.CC.CC. The molecule has 0 atom stereocenters. The zero-order valence-electron chi connectivity index (χ0n) is 11.3. The van der Waals surface area contributed by atoms with Crippen LogP contribution in [0.5, 0.6) is 0 Å². The molecule has 0 spiro atoms. The van der Waals surface area contributed by atoms with Crippen LogP contribution in [0.2, 0.25) is 0 Å². The van der Waals surface area contributed by atoms with Gasteiger partial charge in [0.2, 0.25) is 0 Å². The molecule has 0 N–H and O–H groups in total. The molecule has 0 radical (unpaired) electrons. The smallest absolute Gasteiger partial charge is 0.253 e. The Bertz CT molecular complexity index is 339. The number of nitrogens with zero attached hydrogens (tertiary/aromatic N) is 1. The minimum atomic E-state index is -4.43. The Labute approximate surface area is 106 Å². The highest BCUT2D eigenvalue weighted by Crippen LogP contribution is 2.29.